The van der Waals surface area contributed by atoms with Gasteiger partial charge in [-0.05, 0) is 44.1 Å². The van der Waals surface area contributed by atoms with E-state index in [-0.39, 0.29) is 0 Å². The lowest BCUT2D eigenvalue weighted by Gasteiger charge is -2.46. The molecule has 0 bridgehead atoms. The van der Waals surface area contributed by atoms with Crippen molar-refractivity contribution in [2.24, 2.45) is 5.73 Å². The molecule has 2 nitrogen and oxygen atoms in total. The van der Waals surface area contributed by atoms with Crippen LogP contribution in [-0.4, -0.2) is 29.6 Å². The Balaban J connectivity index is 1.79. The van der Waals surface area contributed by atoms with Gasteiger partial charge in [-0.25, -0.2) is 0 Å². The SMILES string of the molecule is CC1CC(N)CCN1C1CCCCC1c1ccccc1. The Labute approximate surface area is 123 Å². The van der Waals surface area contributed by atoms with Crippen LogP contribution >= 0.6 is 0 Å². The van der Waals surface area contributed by atoms with Crippen LogP contribution in [0.4, 0.5) is 0 Å². The molecule has 1 aliphatic carbocycles. The van der Waals surface area contributed by atoms with Crippen LogP contribution in [-0.2, 0) is 0 Å². The summed E-state index contributed by atoms with van der Waals surface area (Å²) in [5.74, 6) is 0.724. The predicted octanol–water partition coefficient (Wildman–Crippen LogP) is 3.52. The molecule has 4 atom stereocenters. The van der Waals surface area contributed by atoms with E-state index in [1.54, 1.807) is 5.56 Å². The van der Waals surface area contributed by atoms with Gasteiger partial charge < -0.3 is 5.73 Å². The van der Waals surface area contributed by atoms with E-state index in [4.69, 9.17) is 5.73 Å². The molecule has 1 saturated carbocycles. The average Bonchev–Trinajstić information content (AvgIpc) is 2.48. The Hall–Kier alpha value is -0.860. The first kappa shape index (κ1) is 14.1. The Kier molecular flexibility index (Phi) is 4.42. The van der Waals surface area contributed by atoms with Gasteiger partial charge >= 0.3 is 0 Å². The molecular weight excluding hydrogens is 244 g/mol. The van der Waals surface area contributed by atoms with Gasteiger partial charge in [0.25, 0.3) is 0 Å². The van der Waals surface area contributed by atoms with E-state index in [0.717, 1.165) is 18.4 Å². The van der Waals surface area contributed by atoms with E-state index in [2.05, 4.69) is 42.2 Å². The first-order valence-corrected chi connectivity index (χ1v) is 8.32. The molecule has 4 unspecified atom stereocenters. The van der Waals surface area contributed by atoms with Crippen molar-refractivity contribution in [3.05, 3.63) is 35.9 Å². The molecule has 2 aliphatic rings. The van der Waals surface area contributed by atoms with Crippen molar-refractivity contribution in [1.82, 2.24) is 4.90 Å². The summed E-state index contributed by atoms with van der Waals surface area (Å²) in [5.41, 5.74) is 7.68. The number of benzene rings is 1. The lowest BCUT2D eigenvalue weighted by atomic mass is 9.78. The summed E-state index contributed by atoms with van der Waals surface area (Å²) in [7, 11) is 0. The number of nitrogens with two attached hydrogens (primary N) is 1. The number of likely N-dealkylation sites (tertiary alicyclic amines) is 1. The van der Waals surface area contributed by atoms with Crippen molar-refractivity contribution in [3.8, 4) is 0 Å². The zero-order chi connectivity index (χ0) is 13.9. The van der Waals surface area contributed by atoms with E-state index < -0.39 is 0 Å². The molecule has 1 aliphatic heterocycles. The molecule has 2 fully saturated rings. The Morgan fingerprint density at radius 3 is 2.55 bits per heavy atom. The van der Waals surface area contributed by atoms with Crippen LogP contribution in [0.5, 0.6) is 0 Å². The molecule has 1 aromatic rings. The third-order valence-corrected chi connectivity index (χ3v) is 5.35. The molecule has 3 rings (SSSR count). The van der Waals surface area contributed by atoms with E-state index in [0.29, 0.717) is 12.1 Å². The second-order valence-corrected chi connectivity index (χ2v) is 6.74. The first-order valence-electron chi connectivity index (χ1n) is 8.32. The maximum atomic E-state index is 6.14. The standard InChI is InChI=1S/C18H28N2/c1-14-13-16(19)11-12-20(14)18-10-6-5-9-17(18)15-7-3-2-4-8-15/h2-4,7-8,14,16-18H,5-6,9-13,19H2,1H3. The van der Waals surface area contributed by atoms with Crippen molar-refractivity contribution < 1.29 is 0 Å². The van der Waals surface area contributed by atoms with E-state index in [9.17, 15) is 0 Å². The molecule has 2 heteroatoms. The van der Waals surface area contributed by atoms with Crippen LogP contribution in [0.2, 0.25) is 0 Å². The lowest BCUT2D eigenvalue weighted by Crippen LogP contribution is -2.52. The summed E-state index contributed by atoms with van der Waals surface area (Å²) in [6.07, 6.45) is 7.82. The van der Waals surface area contributed by atoms with Crippen LogP contribution in [0.1, 0.15) is 56.9 Å². The Bertz CT molecular complexity index is 417. The van der Waals surface area contributed by atoms with Gasteiger partial charge in [0.05, 0.1) is 0 Å². The van der Waals surface area contributed by atoms with Crippen molar-refractivity contribution in [1.29, 1.82) is 0 Å². The van der Waals surface area contributed by atoms with Gasteiger partial charge in [0, 0.05) is 24.7 Å². The molecule has 20 heavy (non-hydrogen) atoms. The quantitative estimate of drug-likeness (QED) is 0.892. The fourth-order valence-electron chi connectivity index (χ4n) is 4.32. The molecule has 110 valence electrons. The monoisotopic (exact) mass is 272 g/mol. The first-order chi connectivity index (χ1) is 9.75. The third kappa shape index (κ3) is 2.91. The maximum absolute atomic E-state index is 6.14. The molecule has 2 N–H and O–H groups in total. The smallest absolute Gasteiger partial charge is 0.0167 e. The van der Waals surface area contributed by atoms with Crippen molar-refractivity contribution in [2.45, 2.75) is 69.5 Å². The minimum Gasteiger partial charge on any atom is -0.328 e. The summed E-state index contributed by atoms with van der Waals surface area (Å²) in [4.78, 5) is 2.76. The van der Waals surface area contributed by atoms with Crippen molar-refractivity contribution in [3.63, 3.8) is 0 Å². The highest BCUT2D eigenvalue weighted by molar-refractivity contribution is 5.22. The highest BCUT2D eigenvalue weighted by Crippen LogP contribution is 2.38. The highest BCUT2D eigenvalue weighted by atomic mass is 15.2. The minimum atomic E-state index is 0.417. The van der Waals surface area contributed by atoms with Gasteiger partial charge in [-0.2, -0.15) is 0 Å². The van der Waals surface area contributed by atoms with E-state index in [1.807, 2.05) is 0 Å². The Morgan fingerprint density at radius 2 is 1.80 bits per heavy atom. The van der Waals surface area contributed by atoms with Gasteiger partial charge in [0.15, 0.2) is 0 Å². The zero-order valence-corrected chi connectivity index (χ0v) is 12.7. The number of hydrogen-bond acceptors (Lipinski definition) is 2. The second-order valence-electron chi connectivity index (χ2n) is 6.74. The lowest BCUT2D eigenvalue weighted by molar-refractivity contribution is 0.0614. The molecule has 0 amide bonds. The van der Waals surface area contributed by atoms with Crippen LogP contribution in [0.25, 0.3) is 0 Å². The van der Waals surface area contributed by atoms with Crippen molar-refractivity contribution in [2.75, 3.05) is 6.54 Å². The topological polar surface area (TPSA) is 29.3 Å². The fraction of sp³-hybridized carbons (Fsp3) is 0.667. The third-order valence-electron chi connectivity index (χ3n) is 5.35. The van der Waals surface area contributed by atoms with Gasteiger partial charge in [0.2, 0.25) is 0 Å². The number of hydrogen-bond donors (Lipinski definition) is 1. The molecule has 0 radical (unpaired) electrons. The summed E-state index contributed by atoms with van der Waals surface area (Å²) >= 11 is 0. The fourth-order valence-corrected chi connectivity index (χ4v) is 4.32. The second kappa shape index (κ2) is 6.28. The zero-order valence-electron chi connectivity index (χ0n) is 12.7. The highest BCUT2D eigenvalue weighted by Gasteiger charge is 2.35. The molecule has 0 spiro atoms. The number of nitrogens with zero attached hydrogens (tertiary/aromatic N) is 1. The summed E-state index contributed by atoms with van der Waals surface area (Å²) in [6.45, 7) is 3.56. The predicted molar refractivity (Wildman–Crippen MR) is 84.8 cm³/mol. The van der Waals surface area contributed by atoms with Gasteiger partial charge in [0.1, 0.15) is 0 Å². The van der Waals surface area contributed by atoms with Crippen LogP contribution < -0.4 is 5.73 Å². The molecular formula is C18H28N2. The van der Waals surface area contributed by atoms with Gasteiger partial charge in [-0.3, -0.25) is 4.90 Å². The number of rotatable bonds is 2. The number of piperidine rings is 1. The molecule has 0 aromatic heterocycles. The summed E-state index contributed by atoms with van der Waals surface area (Å²) in [5, 5.41) is 0. The van der Waals surface area contributed by atoms with Gasteiger partial charge in [-0.15, -0.1) is 0 Å². The molecule has 1 saturated heterocycles. The molecule has 1 heterocycles. The largest absolute Gasteiger partial charge is 0.328 e. The normalized spacial score (nSPS) is 35.9. The van der Waals surface area contributed by atoms with E-state index in [1.165, 1.54) is 38.6 Å². The molecule has 1 aromatic carbocycles. The van der Waals surface area contributed by atoms with Crippen LogP contribution in [0.15, 0.2) is 30.3 Å². The van der Waals surface area contributed by atoms with Crippen LogP contribution in [0, 0.1) is 0 Å². The minimum absolute atomic E-state index is 0.417. The van der Waals surface area contributed by atoms with E-state index >= 15 is 0 Å². The average molecular weight is 272 g/mol. The maximum Gasteiger partial charge on any atom is 0.0167 e. The summed E-state index contributed by atoms with van der Waals surface area (Å²) < 4.78 is 0. The summed E-state index contributed by atoms with van der Waals surface area (Å²) in [6, 6.07) is 12.9. The van der Waals surface area contributed by atoms with Crippen LogP contribution in [0.3, 0.4) is 0 Å². The van der Waals surface area contributed by atoms with Gasteiger partial charge in [-0.1, -0.05) is 43.2 Å². The Morgan fingerprint density at radius 1 is 1.05 bits per heavy atom. The van der Waals surface area contributed by atoms with Crippen molar-refractivity contribution >= 4 is 0 Å².